The second kappa shape index (κ2) is 6.34. The zero-order chi connectivity index (χ0) is 13.7. The first-order valence-electron chi connectivity index (χ1n) is 5.31. The van der Waals surface area contributed by atoms with Gasteiger partial charge >= 0.3 is 5.97 Å². The molecule has 0 spiro atoms. The van der Waals surface area contributed by atoms with Gasteiger partial charge in [0.2, 0.25) is 0 Å². The summed E-state index contributed by atoms with van der Waals surface area (Å²) in [6.07, 6.45) is 1.66. The zero-order valence-electron chi connectivity index (χ0n) is 9.70. The Morgan fingerprint density at radius 3 is 2.78 bits per heavy atom. The molecule has 7 heteroatoms. The van der Waals surface area contributed by atoms with Gasteiger partial charge in [0.15, 0.2) is 0 Å². The van der Waals surface area contributed by atoms with Crippen LogP contribution in [0, 0.1) is 0 Å². The van der Waals surface area contributed by atoms with Crippen LogP contribution in [-0.2, 0) is 4.79 Å². The van der Waals surface area contributed by atoms with Crippen molar-refractivity contribution in [2.45, 2.75) is 25.8 Å². The number of aliphatic carboxylic acids is 1. The first kappa shape index (κ1) is 14.4. The van der Waals surface area contributed by atoms with Crippen molar-refractivity contribution in [3.05, 3.63) is 32.7 Å². The van der Waals surface area contributed by atoms with Crippen LogP contribution in [0.2, 0.25) is 0 Å². The van der Waals surface area contributed by atoms with Crippen LogP contribution in [0.5, 0.6) is 0 Å². The van der Waals surface area contributed by atoms with Crippen LogP contribution in [0.25, 0.3) is 0 Å². The molecule has 1 amide bonds. The highest BCUT2D eigenvalue weighted by Crippen LogP contribution is 2.06. The predicted molar refractivity (Wildman–Crippen MR) is 68.6 cm³/mol. The van der Waals surface area contributed by atoms with Crippen molar-refractivity contribution < 1.29 is 14.7 Å². The average molecular weight is 317 g/mol. The van der Waals surface area contributed by atoms with Crippen molar-refractivity contribution >= 4 is 27.8 Å². The Morgan fingerprint density at radius 2 is 2.22 bits per heavy atom. The summed E-state index contributed by atoms with van der Waals surface area (Å²) >= 11 is 3.03. The van der Waals surface area contributed by atoms with Gasteiger partial charge in [0, 0.05) is 18.7 Å². The molecule has 1 aromatic rings. The maximum Gasteiger partial charge on any atom is 0.303 e. The van der Waals surface area contributed by atoms with Gasteiger partial charge in [-0.1, -0.05) is 0 Å². The van der Waals surface area contributed by atoms with E-state index < -0.39 is 5.97 Å². The summed E-state index contributed by atoms with van der Waals surface area (Å²) in [7, 11) is 0. The van der Waals surface area contributed by atoms with Crippen LogP contribution in [0.1, 0.15) is 30.1 Å². The molecule has 6 nitrogen and oxygen atoms in total. The van der Waals surface area contributed by atoms with Crippen molar-refractivity contribution in [3.63, 3.8) is 0 Å². The van der Waals surface area contributed by atoms with Gasteiger partial charge in [-0.15, -0.1) is 0 Å². The van der Waals surface area contributed by atoms with E-state index in [2.05, 4.69) is 26.2 Å². The number of halogens is 1. The van der Waals surface area contributed by atoms with E-state index in [1.807, 2.05) is 0 Å². The van der Waals surface area contributed by atoms with Crippen LogP contribution in [-0.4, -0.2) is 28.0 Å². The Kier molecular flexibility index (Phi) is 5.08. The number of hydrogen-bond acceptors (Lipinski definition) is 3. The molecule has 0 saturated heterocycles. The van der Waals surface area contributed by atoms with Crippen molar-refractivity contribution in [1.29, 1.82) is 0 Å². The van der Waals surface area contributed by atoms with Crippen LogP contribution in [0.4, 0.5) is 0 Å². The number of carboxylic acids is 1. The predicted octanol–water partition coefficient (Wildman–Crippen LogP) is 1.12. The fourth-order valence-corrected chi connectivity index (χ4v) is 1.67. The molecule has 0 bridgehead atoms. The van der Waals surface area contributed by atoms with E-state index >= 15 is 0 Å². The van der Waals surface area contributed by atoms with Crippen LogP contribution in [0.15, 0.2) is 21.5 Å². The van der Waals surface area contributed by atoms with Gasteiger partial charge in [-0.3, -0.25) is 14.4 Å². The summed E-state index contributed by atoms with van der Waals surface area (Å²) in [5.41, 5.74) is -0.00544. The summed E-state index contributed by atoms with van der Waals surface area (Å²) in [5.74, 6) is -1.26. The lowest BCUT2D eigenvalue weighted by atomic mass is 10.1. The number of pyridine rings is 1. The number of carbonyl (C=O) groups excluding carboxylic acids is 1. The molecule has 1 heterocycles. The topological polar surface area (TPSA) is 99.3 Å². The Labute approximate surface area is 112 Å². The minimum absolute atomic E-state index is 0.00321. The molecule has 18 heavy (non-hydrogen) atoms. The highest BCUT2D eigenvalue weighted by atomic mass is 79.9. The second-order valence-electron chi connectivity index (χ2n) is 3.87. The maximum absolute atomic E-state index is 11.8. The molecule has 1 atom stereocenters. The number of nitrogens with one attached hydrogen (secondary N) is 2. The van der Waals surface area contributed by atoms with E-state index in [0.717, 1.165) is 0 Å². The van der Waals surface area contributed by atoms with Gasteiger partial charge in [-0.2, -0.15) is 0 Å². The molecular formula is C11H13BrN2O4. The van der Waals surface area contributed by atoms with Gasteiger partial charge in [-0.05, 0) is 35.3 Å². The highest BCUT2D eigenvalue weighted by molar-refractivity contribution is 9.10. The molecule has 0 aliphatic carbocycles. The van der Waals surface area contributed by atoms with Gasteiger partial charge < -0.3 is 15.4 Å². The maximum atomic E-state index is 11.8. The molecule has 0 aliphatic rings. The molecule has 98 valence electrons. The Bertz CT molecular complexity index is 512. The monoisotopic (exact) mass is 316 g/mol. The number of amides is 1. The summed E-state index contributed by atoms with van der Waals surface area (Å²) in [4.78, 5) is 35.7. The van der Waals surface area contributed by atoms with Gasteiger partial charge in [0.05, 0.1) is 10.0 Å². The fourth-order valence-electron chi connectivity index (χ4n) is 1.31. The average Bonchev–Trinajstić information content (AvgIpc) is 2.30. The molecular weight excluding hydrogens is 304 g/mol. The van der Waals surface area contributed by atoms with E-state index in [9.17, 15) is 14.4 Å². The normalized spacial score (nSPS) is 11.9. The molecule has 0 saturated carbocycles. The lowest BCUT2D eigenvalue weighted by Crippen LogP contribution is -2.33. The highest BCUT2D eigenvalue weighted by Gasteiger charge is 2.12. The molecule has 0 radical (unpaired) electrons. The SMILES string of the molecule is CC(CCC(=O)O)NC(=O)c1c[nH]c(=O)c(Br)c1. The molecule has 0 fully saturated rings. The van der Waals surface area contributed by atoms with Crippen LogP contribution in [0.3, 0.4) is 0 Å². The largest absolute Gasteiger partial charge is 0.481 e. The summed E-state index contributed by atoms with van der Waals surface area (Å²) in [6.45, 7) is 1.72. The number of rotatable bonds is 5. The second-order valence-corrected chi connectivity index (χ2v) is 4.73. The van der Waals surface area contributed by atoms with Gasteiger partial charge in [0.1, 0.15) is 0 Å². The number of hydrogen-bond donors (Lipinski definition) is 3. The Morgan fingerprint density at radius 1 is 1.56 bits per heavy atom. The number of aromatic amines is 1. The first-order valence-corrected chi connectivity index (χ1v) is 6.10. The van der Waals surface area contributed by atoms with E-state index in [1.54, 1.807) is 6.92 Å². The lowest BCUT2D eigenvalue weighted by molar-refractivity contribution is -0.137. The molecule has 3 N–H and O–H groups in total. The van der Waals surface area contributed by atoms with Gasteiger partial charge in [0.25, 0.3) is 11.5 Å². The molecule has 1 rings (SSSR count). The lowest BCUT2D eigenvalue weighted by Gasteiger charge is -2.12. The molecule has 1 unspecified atom stereocenters. The quantitative estimate of drug-likeness (QED) is 0.758. The molecule has 0 aliphatic heterocycles. The first-order chi connectivity index (χ1) is 8.40. The van der Waals surface area contributed by atoms with Gasteiger partial charge in [-0.25, -0.2) is 0 Å². The Balaban J connectivity index is 2.62. The van der Waals surface area contributed by atoms with Crippen molar-refractivity contribution in [2.24, 2.45) is 0 Å². The molecule has 0 aromatic carbocycles. The van der Waals surface area contributed by atoms with E-state index in [1.165, 1.54) is 12.3 Å². The number of carboxylic acid groups (broad SMARTS) is 1. The third-order valence-electron chi connectivity index (χ3n) is 2.29. The summed E-state index contributed by atoms with van der Waals surface area (Å²) < 4.78 is 0.272. The van der Waals surface area contributed by atoms with Crippen LogP contribution >= 0.6 is 15.9 Å². The molecule has 1 aromatic heterocycles. The smallest absolute Gasteiger partial charge is 0.303 e. The standard InChI is InChI=1S/C11H13BrN2O4/c1-6(2-3-9(15)16)14-10(17)7-4-8(12)11(18)13-5-7/h4-6H,2-3H2,1H3,(H,13,18)(H,14,17)(H,15,16). The minimum Gasteiger partial charge on any atom is -0.481 e. The van der Waals surface area contributed by atoms with E-state index in [4.69, 9.17) is 5.11 Å². The third kappa shape index (κ3) is 4.33. The van der Waals surface area contributed by atoms with Crippen molar-refractivity contribution in [3.8, 4) is 0 Å². The zero-order valence-corrected chi connectivity index (χ0v) is 11.3. The summed E-state index contributed by atoms with van der Waals surface area (Å²) in [5, 5.41) is 11.2. The number of H-pyrrole nitrogens is 1. The summed E-state index contributed by atoms with van der Waals surface area (Å²) in [6, 6.07) is 1.16. The van der Waals surface area contributed by atoms with Crippen molar-refractivity contribution in [2.75, 3.05) is 0 Å². The van der Waals surface area contributed by atoms with Crippen LogP contribution < -0.4 is 10.9 Å². The van der Waals surface area contributed by atoms with Crippen molar-refractivity contribution in [1.82, 2.24) is 10.3 Å². The fraction of sp³-hybridized carbons (Fsp3) is 0.364. The third-order valence-corrected chi connectivity index (χ3v) is 2.88. The van der Waals surface area contributed by atoms with E-state index in [0.29, 0.717) is 12.0 Å². The number of carbonyl (C=O) groups is 2. The number of aromatic nitrogens is 1. The Hall–Kier alpha value is -1.63. The minimum atomic E-state index is -0.900. The van der Waals surface area contributed by atoms with E-state index in [-0.39, 0.29) is 28.4 Å².